The molecule has 102 valence electrons. The Kier molecular flexibility index (Phi) is 4.01. The standard InChI is InChI=1S/C13H17N3O3/c1-8-13(18)15-10-7-9(3-5-11(10)19-8)4-6-12(17)16-14-2/h3,5,7-8,14H,4,6H2,1-2H3,(H,15,18)(H,16,17). The fraction of sp³-hybridized carbons (Fsp3) is 0.385. The molecule has 0 bridgehead atoms. The van der Waals surface area contributed by atoms with Gasteiger partial charge in [0.15, 0.2) is 6.10 Å². The average molecular weight is 263 g/mol. The predicted molar refractivity (Wildman–Crippen MR) is 70.7 cm³/mol. The maximum atomic E-state index is 11.5. The Bertz CT molecular complexity index is 502. The third kappa shape index (κ3) is 3.23. The zero-order chi connectivity index (χ0) is 13.8. The van der Waals surface area contributed by atoms with Crippen LogP contribution in [0.1, 0.15) is 18.9 Å². The van der Waals surface area contributed by atoms with Gasteiger partial charge in [-0.1, -0.05) is 6.07 Å². The molecule has 1 aliphatic heterocycles. The highest BCUT2D eigenvalue weighted by Crippen LogP contribution is 2.30. The monoisotopic (exact) mass is 263 g/mol. The lowest BCUT2D eigenvalue weighted by molar-refractivity contribution is -0.123. The maximum absolute atomic E-state index is 11.5. The molecule has 6 heteroatoms. The Morgan fingerprint density at radius 1 is 1.47 bits per heavy atom. The van der Waals surface area contributed by atoms with E-state index < -0.39 is 6.10 Å². The van der Waals surface area contributed by atoms with E-state index in [9.17, 15) is 9.59 Å². The predicted octanol–water partition coefficient (Wildman–Crippen LogP) is 0.589. The van der Waals surface area contributed by atoms with Crippen LogP contribution < -0.4 is 20.9 Å². The minimum atomic E-state index is -0.472. The molecule has 1 aromatic carbocycles. The van der Waals surface area contributed by atoms with Gasteiger partial charge >= 0.3 is 0 Å². The Hall–Kier alpha value is -2.08. The first-order valence-corrected chi connectivity index (χ1v) is 6.16. The molecule has 0 spiro atoms. The smallest absolute Gasteiger partial charge is 0.265 e. The molecule has 0 aromatic heterocycles. The minimum Gasteiger partial charge on any atom is -0.479 e. The second kappa shape index (κ2) is 5.71. The number of hydrazine groups is 1. The highest BCUT2D eigenvalue weighted by molar-refractivity contribution is 5.97. The summed E-state index contributed by atoms with van der Waals surface area (Å²) < 4.78 is 5.46. The van der Waals surface area contributed by atoms with Crippen LogP contribution in [0.4, 0.5) is 5.69 Å². The van der Waals surface area contributed by atoms with E-state index in [2.05, 4.69) is 16.2 Å². The van der Waals surface area contributed by atoms with Crippen LogP contribution in [0.15, 0.2) is 18.2 Å². The Morgan fingerprint density at radius 2 is 2.26 bits per heavy atom. The number of hydrogen-bond donors (Lipinski definition) is 3. The summed E-state index contributed by atoms with van der Waals surface area (Å²) in [6.45, 7) is 1.70. The van der Waals surface area contributed by atoms with E-state index >= 15 is 0 Å². The van der Waals surface area contributed by atoms with Crippen LogP contribution in [0.25, 0.3) is 0 Å². The van der Waals surface area contributed by atoms with Crippen molar-refractivity contribution in [3.63, 3.8) is 0 Å². The topological polar surface area (TPSA) is 79.5 Å². The molecule has 0 aliphatic carbocycles. The van der Waals surface area contributed by atoms with Crippen LogP contribution >= 0.6 is 0 Å². The van der Waals surface area contributed by atoms with Crippen molar-refractivity contribution in [3.05, 3.63) is 23.8 Å². The van der Waals surface area contributed by atoms with Crippen LogP contribution in [-0.4, -0.2) is 25.0 Å². The molecule has 0 saturated heterocycles. The normalized spacial score (nSPS) is 17.2. The molecule has 19 heavy (non-hydrogen) atoms. The molecule has 0 radical (unpaired) electrons. The van der Waals surface area contributed by atoms with Gasteiger partial charge in [-0.2, -0.15) is 0 Å². The van der Waals surface area contributed by atoms with Crippen molar-refractivity contribution in [2.75, 3.05) is 12.4 Å². The van der Waals surface area contributed by atoms with Gasteiger partial charge in [-0.15, -0.1) is 0 Å². The van der Waals surface area contributed by atoms with E-state index in [1.54, 1.807) is 14.0 Å². The van der Waals surface area contributed by atoms with Gasteiger partial charge in [-0.25, -0.2) is 5.43 Å². The average Bonchev–Trinajstić information content (AvgIpc) is 2.38. The number of rotatable bonds is 4. The lowest BCUT2D eigenvalue weighted by Gasteiger charge is -2.23. The fourth-order valence-corrected chi connectivity index (χ4v) is 1.87. The summed E-state index contributed by atoms with van der Waals surface area (Å²) in [6, 6.07) is 5.55. The number of nitrogens with one attached hydrogen (secondary N) is 3. The first-order valence-electron chi connectivity index (χ1n) is 6.16. The molecule has 6 nitrogen and oxygen atoms in total. The van der Waals surface area contributed by atoms with E-state index in [1.807, 2.05) is 18.2 Å². The molecule has 0 saturated carbocycles. The lowest BCUT2D eigenvalue weighted by atomic mass is 10.1. The molecular formula is C13H17N3O3. The third-order valence-corrected chi connectivity index (χ3v) is 2.88. The van der Waals surface area contributed by atoms with Crippen molar-refractivity contribution in [2.24, 2.45) is 0 Å². The molecule has 1 heterocycles. The van der Waals surface area contributed by atoms with E-state index in [-0.39, 0.29) is 11.8 Å². The van der Waals surface area contributed by atoms with Crippen LogP contribution in [0.2, 0.25) is 0 Å². The summed E-state index contributed by atoms with van der Waals surface area (Å²) in [6.07, 6.45) is 0.511. The van der Waals surface area contributed by atoms with Crippen molar-refractivity contribution < 1.29 is 14.3 Å². The lowest BCUT2D eigenvalue weighted by Crippen LogP contribution is -2.34. The Balaban J connectivity index is 2.03. The van der Waals surface area contributed by atoms with Crippen LogP contribution in [0, 0.1) is 0 Å². The molecule has 3 N–H and O–H groups in total. The third-order valence-electron chi connectivity index (χ3n) is 2.88. The zero-order valence-electron chi connectivity index (χ0n) is 10.9. The molecule has 1 aromatic rings. The highest BCUT2D eigenvalue weighted by Gasteiger charge is 2.23. The van der Waals surface area contributed by atoms with Gasteiger partial charge in [0.1, 0.15) is 5.75 Å². The maximum Gasteiger partial charge on any atom is 0.265 e. The van der Waals surface area contributed by atoms with Gasteiger partial charge in [0.05, 0.1) is 5.69 Å². The first kappa shape index (κ1) is 13.4. The minimum absolute atomic E-state index is 0.0749. The van der Waals surface area contributed by atoms with Crippen molar-refractivity contribution in [2.45, 2.75) is 25.9 Å². The number of hydrogen-bond acceptors (Lipinski definition) is 4. The Morgan fingerprint density at radius 3 is 3.00 bits per heavy atom. The van der Waals surface area contributed by atoms with E-state index in [0.29, 0.717) is 24.3 Å². The molecule has 1 aliphatic rings. The summed E-state index contributed by atoms with van der Waals surface area (Å²) in [5.74, 6) is 0.433. The molecular weight excluding hydrogens is 246 g/mol. The number of ether oxygens (including phenoxy) is 1. The summed E-state index contributed by atoms with van der Waals surface area (Å²) in [7, 11) is 1.64. The van der Waals surface area contributed by atoms with Crippen molar-refractivity contribution in [3.8, 4) is 5.75 Å². The number of anilines is 1. The van der Waals surface area contributed by atoms with Crippen LogP contribution in [0.3, 0.4) is 0 Å². The second-order valence-electron chi connectivity index (χ2n) is 4.38. The van der Waals surface area contributed by atoms with Gasteiger partial charge in [0.2, 0.25) is 5.91 Å². The number of carbonyl (C=O) groups is 2. The number of amides is 2. The summed E-state index contributed by atoms with van der Waals surface area (Å²) >= 11 is 0. The second-order valence-corrected chi connectivity index (χ2v) is 4.38. The number of aryl methyl sites for hydroxylation is 1. The molecule has 1 atom stereocenters. The molecule has 2 rings (SSSR count). The first-order chi connectivity index (χ1) is 9.10. The van der Waals surface area contributed by atoms with Gasteiger partial charge in [-0.3, -0.25) is 15.0 Å². The summed E-state index contributed by atoms with van der Waals surface area (Å²) in [5.41, 5.74) is 6.73. The highest BCUT2D eigenvalue weighted by atomic mass is 16.5. The van der Waals surface area contributed by atoms with Gasteiger partial charge in [0, 0.05) is 13.5 Å². The molecule has 0 fully saturated rings. The largest absolute Gasteiger partial charge is 0.479 e. The van der Waals surface area contributed by atoms with Gasteiger partial charge in [0.25, 0.3) is 5.91 Å². The summed E-state index contributed by atoms with van der Waals surface area (Å²) in [5, 5.41) is 2.79. The fourth-order valence-electron chi connectivity index (χ4n) is 1.87. The van der Waals surface area contributed by atoms with Crippen LogP contribution in [-0.2, 0) is 16.0 Å². The van der Waals surface area contributed by atoms with E-state index in [4.69, 9.17) is 4.74 Å². The van der Waals surface area contributed by atoms with E-state index in [1.165, 1.54) is 0 Å². The zero-order valence-corrected chi connectivity index (χ0v) is 10.9. The molecule has 1 unspecified atom stereocenters. The van der Waals surface area contributed by atoms with Gasteiger partial charge < -0.3 is 10.1 Å². The quantitative estimate of drug-likeness (QED) is 0.695. The van der Waals surface area contributed by atoms with E-state index in [0.717, 1.165) is 5.56 Å². The summed E-state index contributed by atoms with van der Waals surface area (Å²) in [4.78, 5) is 22.8. The van der Waals surface area contributed by atoms with Crippen molar-refractivity contribution >= 4 is 17.5 Å². The number of benzene rings is 1. The van der Waals surface area contributed by atoms with Crippen LogP contribution in [0.5, 0.6) is 5.75 Å². The van der Waals surface area contributed by atoms with Gasteiger partial charge in [-0.05, 0) is 31.0 Å². The Labute approximate surface area is 111 Å². The molecule has 2 amide bonds. The SMILES string of the molecule is CNNC(=O)CCc1ccc2c(c1)NC(=O)C(C)O2. The van der Waals surface area contributed by atoms with Crippen molar-refractivity contribution in [1.29, 1.82) is 0 Å². The number of carbonyl (C=O) groups excluding carboxylic acids is 2. The van der Waals surface area contributed by atoms with Crippen molar-refractivity contribution in [1.82, 2.24) is 10.9 Å². The number of fused-ring (bicyclic) bond motifs is 1.